The van der Waals surface area contributed by atoms with Gasteiger partial charge in [0.05, 0.1) is 12.7 Å². The second-order valence-corrected chi connectivity index (χ2v) is 5.77. The van der Waals surface area contributed by atoms with Gasteiger partial charge in [-0.2, -0.15) is 0 Å². The monoisotopic (exact) mass is 288 g/mol. The molecule has 7 heteroatoms. The van der Waals surface area contributed by atoms with Crippen LogP contribution in [-0.4, -0.2) is 34.8 Å². The average Bonchev–Trinajstić information content (AvgIpc) is 2.38. The molecule has 1 aromatic carbocycles. The summed E-state index contributed by atoms with van der Waals surface area (Å²) in [6.07, 6.45) is -0.216. The highest BCUT2D eigenvalue weighted by Crippen LogP contribution is 2.26. The van der Waals surface area contributed by atoms with Crippen molar-refractivity contribution in [3.05, 3.63) is 18.2 Å². The summed E-state index contributed by atoms with van der Waals surface area (Å²) in [4.78, 5) is 0.0395. The Balaban J connectivity index is 3.02. The molecule has 0 spiro atoms. The summed E-state index contributed by atoms with van der Waals surface area (Å²) < 4.78 is 37.2. The lowest BCUT2D eigenvalue weighted by atomic mass is 10.3. The molecule has 1 atom stereocenters. The zero-order valence-corrected chi connectivity index (χ0v) is 12.2. The lowest BCUT2D eigenvalue weighted by Crippen LogP contribution is -2.32. The molecule has 0 fully saturated rings. The summed E-state index contributed by atoms with van der Waals surface area (Å²) >= 11 is 0. The molecule has 19 heavy (non-hydrogen) atoms. The first-order valence-electron chi connectivity index (χ1n) is 5.95. The van der Waals surface area contributed by atoms with Crippen LogP contribution in [0.2, 0.25) is 0 Å². The lowest BCUT2D eigenvalue weighted by molar-refractivity contribution is 0.122. The number of nitrogens with two attached hydrogens (primary N) is 1. The van der Waals surface area contributed by atoms with Crippen LogP contribution in [0.1, 0.15) is 13.8 Å². The highest BCUT2D eigenvalue weighted by molar-refractivity contribution is 7.89. The Morgan fingerprint density at radius 2 is 2.11 bits per heavy atom. The third kappa shape index (κ3) is 4.38. The Bertz CT molecular complexity index is 516. The van der Waals surface area contributed by atoms with E-state index in [2.05, 4.69) is 4.72 Å². The quantitative estimate of drug-likeness (QED) is 0.730. The molecule has 1 rings (SSSR count). The Morgan fingerprint density at radius 1 is 1.42 bits per heavy atom. The summed E-state index contributed by atoms with van der Waals surface area (Å²) in [5.74, 6) is 0.286. The van der Waals surface area contributed by atoms with Crippen LogP contribution < -0.4 is 15.2 Å². The number of nitrogens with one attached hydrogen (secondary N) is 1. The molecule has 0 heterocycles. The Hall–Kier alpha value is -1.31. The molecule has 0 saturated carbocycles. The average molecular weight is 288 g/mol. The minimum Gasteiger partial charge on any atom is -0.492 e. The number of ether oxygens (including phenoxy) is 2. The molecule has 0 aromatic heterocycles. The van der Waals surface area contributed by atoms with Crippen molar-refractivity contribution in [2.24, 2.45) is 0 Å². The first kappa shape index (κ1) is 15.7. The predicted molar refractivity (Wildman–Crippen MR) is 73.7 cm³/mol. The zero-order valence-electron chi connectivity index (χ0n) is 11.3. The summed E-state index contributed by atoms with van der Waals surface area (Å²) in [5, 5.41) is 0. The second kappa shape index (κ2) is 6.74. The van der Waals surface area contributed by atoms with E-state index in [-0.39, 0.29) is 23.3 Å². The third-order valence-corrected chi connectivity index (χ3v) is 3.97. The van der Waals surface area contributed by atoms with E-state index in [9.17, 15) is 8.42 Å². The van der Waals surface area contributed by atoms with E-state index in [1.165, 1.54) is 13.2 Å². The number of anilines is 1. The van der Waals surface area contributed by atoms with Crippen LogP contribution in [0.3, 0.4) is 0 Å². The van der Waals surface area contributed by atoms with Gasteiger partial charge in [-0.3, -0.25) is 0 Å². The van der Waals surface area contributed by atoms with E-state index in [0.29, 0.717) is 12.3 Å². The van der Waals surface area contributed by atoms with Gasteiger partial charge in [0.1, 0.15) is 10.6 Å². The fourth-order valence-electron chi connectivity index (χ4n) is 1.40. The van der Waals surface area contributed by atoms with E-state index in [0.717, 1.165) is 0 Å². The first-order valence-corrected chi connectivity index (χ1v) is 7.43. The molecule has 3 N–H and O–H groups in total. The Morgan fingerprint density at radius 3 is 2.68 bits per heavy atom. The first-order chi connectivity index (χ1) is 8.90. The van der Waals surface area contributed by atoms with Gasteiger partial charge in [-0.25, -0.2) is 13.1 Å². The van der Waals surface area contributed by atoms with Crippen LogP contribution in [0, 0.1) is 0 Å². The van der Waals surface area contributed by atoms with Crippen LogP contribution in [0.4, 0.5) is 5.69 Å². The van der Waals surface area contributed by atoms with E-state index < -0.39 is 10.0 Å². The van der Waals surface area contributed by atoms with E-state index in [1.807, 2.05) is 0 Å². The maximum Gasteiger partial charge on any atom is 0.244 e. The molecule has 0 saturated heterocycles. The van der Waals surface area contributed by atoms with Crippen molar-refractivity contribution in [1.29, 1.82) is 0 Å². The number of nitrogen functional groups attached to an aromatic ring is 1. The number of hydrogen-bond acceptors (Lipinski definition) is 5. The van der Waals surface area contributed by atoms with E-state index >= 15 is 0 Å². The van der Waals surface area contributed by atoms with Crippen molar-refractivity contribution >= 4 is 15.7 Å². The summed E-state index contributed by atoms with van der Waals surface area (Å²) in [7, 11) is -2.16. The topological polar surface area (TPSA) is 90.7 Å². The molecule has 0 aliphatic carbocycles. The minimum atomic E-state index is -3.68. The predicted octanol–water partition coefficient (Wildman–Crippen LogP) is 0.981. The third-order valence-electron chi connectivity index (χ3n) is 2.52. The van der Waals surface area contributed by atoms with Crippen molar-refractivity contribution < 1.29 is 17.9 Å². The Kier molecular flexibility index (Phi) is 5.59. The van der Waals surface area contributed by atoms with Gasteiger partial charge in [0.2, 0.25) is 10.0 Å². The van der Waals surface area contributed by atoms with Crippen molar-refractivity contribution in [1.82, 2.24) is 4.72 Å². The van der Waals surface area contributed by atoms with Crippen LogP contribution in [0.5, 0.6) is 5.75 Å². The normalized spacial score (nSPS) is 13.2. The highest BCUT2D eigenvalue weighted by Gasteiger charge is 2.20. The van der Waals surface area contributed by atoms with Crippen LogP contribution in [0.25, 0.3) is 0 Å². The fraction of sp³-hybridized carbons (Fsp3) is 0.500. The van der Waals surface area contributed by atoms with Crippen LogP contribution in [-0.2, 0) is 14.8 Å². The highest BCUT2D eigenvalue weighted by atomic mass is 32.2. The molecule has 0 bridgehead atoms. The lowest BCUT2D eigenvalue weighted by Gasteiger charge is -2.14. The molecule has 0 amide bonds. The standard InChI is InChI=1S/C12H20N2O4S/c1-4-18-11-6-5-10(13)7-12(11)19(15,16)14-8-9(2)17-3/h5-7,9,14H,4,8,13H2,1-3H3. The van der Waals surface area contributed by atoms with Gasteiger partial charge >= 0.3 is 0 Å². The molecule has 1 unspecified atom stereocenters. The van der Waals surface area contributed by atoms with Gasteiger partial charge in [0.15, 0.2) is 0 Å². The minimum absolute atomic E-state index is 0.0395. The van der Waals surface area contributed by atoms with Gasteiger partial charge < -0.3 is 15.2 Å². The number of hydrogen-bond donors (Lipinski definition) is 2. The van der Waals surface area contributed by atoms with Crippen molar-refractivity contribution in [2.45, 2.75) is 24.8 Å². The van der Waals surface area contributed by atoms with Gasteiger partial charge in [0.25, 0.3) is 0 Å². The van der Waals surface area contributed by atoms with E-state index in [1.54, 1.807) is 26.0 Å². The van der Waals surface area contributed by atoms with Crippen molar-refractivity contribution in [3.63, 3.8) is 0 Å². The van der Waals surface area contributed by atoms with Gasteiger partial charge in [-0.15, -0.1) is 0 Å². The summed E-state index contributed by atoms with van der Waals surface area (Å²) in [6.45, 7) is 4.11. The second-order valence-electron chi connectivity index (χ2n) is 4.04. The molecule has 0 aliphatic rings. The zero-order chi connectivity index (χ0) is 14.5. The summed E-state index contributed by atoms with van der Waals surface area (Å²) in [5.41, 5.74) is 5.99. The van der Waals surface area contributed by atoms with Gasteiger partial charge in [0, 0.05) is 19.3 Å². The van der Waals surface area contributed by atoms with Crippen molar-refractivity contribution in [2.75, 3.05) is 26.0 Å². The molecule has 1 aromatic rings. The van der Waals surface area contributed by atoms with E-state index in [4.69, 9.17) is 15.2 Å². The number of benzene rings is 1. The molecule has 0 radical (unpaired) electrons. The molecular weight excluding hydrogens is 268 g/mol. The maximum absolute atomic E-state index is 12.2. The van der Waals surface area contributed by atoms with Crippen LogP contribution >= 0.6 is 0 Å². The number of sulfonamides is 1. The number of rotatable bonds is 7. The van der Waals surface area contributed by atoms with Gasteiger partial charge in [-0.1, -0.05) is 0 Å². The molecular formula is C12H20N2O4S. The number of methoxy groups -OCH3 is 1. The maximum atomic E-state index is 12.2. The van der Waals surface area contributed by atoms with Gasteiger partial charge in [-0.05, 0) is 32.0 Å². The smallest absolute Gasteiger partial charge is 0.244 e. The fourth-order valence-corrected chi connectivity index (χ4v) is 2.69. The largest absolute Gasteiger partial charge is 0.492 e. The molecule has 6 nitrogen and oxygen atoms in total. The molecule has 0 aliphatic heterocycles. The summed E-state index contributed by atoms with van der Waals surface area (Å²) in [6, 6.07) is 4.53. The van der Waals surface area contributed by atoms with Crippen molar-refractivity contribution in [3.8, 4) is 5.75 Å². The Labute approximate surface area is 113 Å². The molecule has 108 valence electrons. The van der Waals surface area contributed by atoms with Crippen LogP contribution in [0.15, 0.2) is 23.1 Å². The SMILES string of the molecule is CCOc1ccc(N)cc1S(=O)(=O)NCC(C)OC.